The zero-order valence-electron chi connectivity index (χ0n) is 10.5. The summed E-state index contributed by atoms with van der Waals surface area (Å²) in [5.41, 5.74) is 0.437. The average molecular weight is 294 g/mol. The third kappa shape index (κ3) is 3.00. The van der Waals surface area contributed by atoms with Crippen molar-refractivity contribution in [3.8, 4) is 10.6 Å². The van der Waals surface area contributed by atoms with Gasteiger partial charge in [-0.15, -0.1) is 11.3 Å². The van der Waals surface area contributed by atoms with Crippen LogP contribution in [0.4, 0.5) is 4.39 Å². The molecular weight excluding hydrogens is 283 g/mol. The maximum absolute atomic E-state index is 13.7. The average Bonchev–Trinajstić information content (AvgIpc) is 2.78. The number of carboxylic acid groups (broad SMARTS) is 1. The van der Waals surface area contributed by atoms with Gasteiger partial charge in [0.05, 0.1) is 0 Å². The number of nitrogens with one attached hydrogen (secondary N) is 1. The largest absolute Gasteiger partial charge is 0.480 e. The van der Waals surface area contributed by atoms with E-state index in [2.05, 4.69) is 10.3 Å². The van der Waals surface area contributed by atoms with Gasteiger partial charge in [-0.2, -0.15) is 0 Å². The van der Waals surface area contributed by atoms with Crippen LogP contribution in [0.3, 0.4) is 0 Å². The molecule has 1 aromatic carbocycles. The normalized spacial score (nSPS) is 10.3. The lowest BCUT2D eigenvalue weighted by Crippen LogP contribution is -2.29. The summed E-state index contributed by atoms with van der Waals surface area (Å²) in [4.78, 5) is 26.9. The Kier molecular flexibility index (Phi) is 4.09. The fourth-order valence-corrected chi connectivity index (χ4v) is 2.53. The smallest absolute Gasteiger partial charge is 0.322 e. The van der Waals surface area contributed by atoms with Gasteiger partial charge in [-0.3, -0.25) is 9.59 Å². The molecular formula is C13H11FN2O3S. The Morgan fingerprint density at radius 1 is 1.40 bits per heavy atom. The highest BCUT2D eigenvalue weighted by molar-refractivity contribution is 7.15. The molecule has 0 saturated heterocycles. The molecule has 0 spiro atoms. The van der Waals surface area contributed by atoms with Gasteiger partial charge in [0.2, 0.25) is 0 Å². The van der Waals surface area contributed by atoms with E-state index >= 15 is 0 Å². The van der Waals surface area contributed by atoms with Gasteiger partial charge in [0, 0.05) is 10.4 Å². The van der Waals surface area contributed by atoms with Crippen LogP contribution in [0.5, 0.6) is 0 Å². The quantitative estimate of drug-likeness (QED) is 0.904. The SMILES string of the molecule is Cc1sc(-c2ccccc2F)nc1C(=O)NCC(=O)O. The van der Waals surface area contributed by atoms with Crippen LogP contribution in [0.2, 0.25) is 0 Å². The number of aromatic nitrogens is 1. The van der Waals surface area contributed by atoms with Crippen LogP contribution in [0.25, 0.3) is 10.6 Å². The molecule has 0 aliphatic carbocycles. The third-order valence-corrected chi connectivity index (χ3v) is 3.52. The summed E-state index contributed by atoms with van der Waals surface area (Å²) in [6.07, 6.45) is 0. The highest BCUT2D eigenvalue weighted by Gasteiger charge is 2.18. The lowest BCUT2D eigenvalue weighted by molar-refractivity contribution is -0.135. The number of nitrogens with zero attached hydrogens (tertiary/aromatic N) is 1. The van der Waals surface area contributed by atoms with E-state index in [1.807, 2.05) is 0 Å². The topological polar surface area (TPSA) is 79.3 Å². The summed E-state index contributed by atoms with van der Waals surface area (Å²) < 4.78 is 13.7. The van der Waals surface area contributed by atoms with Gasteiger partial charge in [0.25, 0.3) is 5.91 Å². The number of aryl methyl sites for hydroxylation is 1. The fourth-order valence-electron chi connectivity index (χ4n) is 1.60. The van der Waals surface area contributed by atoms with Gasteiger partial charge in [-0.25, -0.2) is 9.37 Å². The van der Waals surface area contributed by atoms with E-state index in [-0.39, 0.29) is 5.69 Å². The summed E-state index contributed by atoms with van der Waals surface area (Å²) in [6, 6.07) is 6.14. The van der Waals surface area contributed by atoms with Crippen LogP contribution in [0.1, 0.15) is 15.4 Å². The van der Waals surface area contributed by atoms with E-state index < -0.39 is 24.2 Å². The molecule has 1 aromatic heterocycles. The molecule has 1 amide bonds. The highest BCUT2D eigenvalue weighted by Crippen LogP contribution is 2.29. The number of hydrogen-bond acceptors (Lipinski definition) is 4. The first-order valence-electron chi connectivity index (χ1n) is 5.71. The fraction of sp³-hybridized carbons (Fsp3) is 0.154. The summed E-state index contributed by atoms with van der Waals surface area (Å²) >= 11 is 1.18. The predicted molar refractivity (Wildman–Crippen MR) is 72.2 cm³/mol. The maximum Gasteiger partial charge on any atom is 0.322 e. The van der Waals surface area contributed by atoms with Crippen molar-refractivity contribution >= 4 is 23.2 Å². The van der Waals surface area contributed by atoms with Gasteiger partial charge in [0.15, 0.2) is 0 Å². The minimum atomic E-state index is -1.14. The first-order chi connectivity index (χ1) is 9.49. The minimum Gasteiger partial charge on any atom is -0.480 e. The molecule has 7 heteroatoms. The number of aliphatic carboxylic acids is 1. The molecule has 0 bridgehead atoms. The first kappa shape index (κ1) is 14.1. The van der Waals surface area contributed by atoms with Crippen LogP contribution < -0.4 is 5.32 Å². The van der Waals surface area contributed by atoms with E-state index in [9.17, 15) is 14.0 Å². The number of carboxylic acids is 1. The van der Waals surface area contributed by atoms with Gasteiger partial charge in [-0.05, 0) is 19.1 Å². The van der Waals surface area contributed by atoms with Crippen LogP contribution in [-0.4, -0.2) is 28.5 Å². The second-order valence-corrected chi connectivity index (χ2v) is 5.18. The molecule has 5 nitrogen and oxygen atoms in total. The Morgan fingerprint density at radius 3 is 2.75 bits per heavy atom. The van der Waals surface area contributed by atoms with E-state index in [0.29, 0.717) is 15.4 Å². The van der Waals surface area contributed by atoms with Gasteiger partial charge in [-0.1, -0.05) is 12.1 Å². The van der Waals surface area contributed by atoms with E-state index in [0.717, 1.165) is 0 Å². The molecule has 0 atom stereocenters. The third-order valence-electron chi connectivity index (χ3n) is 2.52. The standard InChI is InChI=1S/C13H11FN2O3S/c1-7-11(12(19)15-6-10(17)18)16-13(20-7)8-4-2-3-5-9(8)14/h2-5H,6H2,1H3,(H,15,19)(H,17,18). The number of rotatable bonds is 4. The zero-order valence-corrected chi connectivity index (χ0v) is 11.3. The van der Waals surface area contributed by atoms with Crippen molar-refractivity contribution in [2.45, 2.75) is 6.92 Å². The highest BCUT2D eigenvalue weighted by atomic mass is 32.1. The number of thiazole rings is 1. The number of amides is 1. The van der Waals surface area contributed by atoms with Crippen molar-refractivity contribution in [1.29, 1.82) is 0 Å². The van der Waals surface area contributed by atoms with Crippen molar-refractivity contribution in [3.05, 3.63) is 40.7 Å². The first-order valence-corrected chi connectivity index (χ1v) is 6.53. The van der Waals surface area contributed by atoms with Gasteiger partial charge in [0.1, 0.15) is 23.1 Å². The molecule has 104 valence electrons. The zero-order chi connectivity index (χ0) is 14.7. The molecule has 2 N–H and O–H groups in total. The second kappa shape index (κ2) is 5.79. The minimum absolute atomic E-state index is 0.120. The Morgan fingerprint density at radius 2 is 2.10 bits per heavy atom. The predicted octanol–water partition coefficient (Wildman–Crippen LogP) is 2.07. The van der Waals surface area contributed by atoms with Crippen molar-refractivity contribution in [1.82, 2.24) is 10.3 Å². The van der Waals surface area contributed by atoms with E-state index in [1.165, 1.54) is 17.4 Å². The number of hydrogen-bond donors (Lipinski definition) is 2. The van der Waals surface area contributed by atoms with Gasteiger partial charge < -0.3 is 10.4 Å². The van der Waals surface area contributed by atoms with Crippen LogP contribution >= 0.6 is 11.3 Å². The summed E-state index contributed by atoms with van der Waals surface area (Å²) in [6.45, 7) is 1.20. The van der Waals surface area contributed by atoms with Crippen molar-refractivity contribution in [2.75, 3.05) is 6.54 Å². The molecule has 1 heterocycles. The second-order valence-electron chi connectivity index (χ2n) is 3.98. The van der Waals surface area contributed by atoms with Crippen molar-refractivity contribution in [2.24, 2.45) is 0 Å². The molecule has 0 aliphatic heterocycles. The van der Waals surface area contributed by atoms with Crippen LogP contribution in [0.15, 0.2) is 24.3 Å². The number of carbonyl (C=O) groups excluding carboxylic acids is 1. The van der Waals surface area contributed by atoms with Crippen LogP contribution in [0, 0.1) is 12.7 Å². The molecule has 0 radical (unpaired) electrons. The van der Waals surface area contributed by atoms with Crippen molar-refractivity contribution < 1.29 is 19.1 Å². The molecule has 0 aliphatic rings. The number of halogens is 1. The lowest BCUT2D eigenvalue weighted by atomic mass is 10.2. The monoisotopic (exact) mass is 294 g/mol. The molecule has 2 aromatic rings. The summed E-state index contributed by atoms with van der Waals surface area (Å²) in [5, 5.41) is 11.1. The Labute approximate surface area is 118 Å². The van der Waals surface area contributed by atoms with Gasteiger partial charge >= 0.3 is 5.97 Å². The molecule has 0 unspecified atom stereocenters. The Bertz CT molecular complexity index is 669. The van der Waals surface area contributed by atoms with Crippen LogP contribution in [-0.2, 0) is 4.79 Å². The van der Waals surface area contributed by atoms with Crippen molar-refractivity contribution in [3.63, 3.8) is 0 Å². The number of benzene rings is 1. The Hall–Kier alpha value is -2.28. The molecule has 20 heavy (non-hydrogen) atoms. The summed E-state index contributed by atoms with van der Waals surface area (Å²) in [7, 11) is 0. The molecule has 2 rings (SSSR count). The van der Waals surface area contributed by atoms with E-state index in [4.69, 9.17) is 5.11 Å². The number of carbonyl (C=O) groups is 2. The van der Waals surface area contributed by atoms with E-state index in [1.54, 1.807) is 25.1 Å². The summed E-state index contributed by atoms with van der Waals surface area (Å²) in [5.74, 6) is -2.14. The Balaban J connectivity index is 2.28. The lowest BCUT2D eigenvalue weighted by Gasteiger charge is -1.99. The molecule has 0 fully saturated rings. The molecule has 0 saturated carbocycles. The maximum atomic E-state index is 13.7.